The molecule has 0 amide bonds. The number of ether oxygens (including phenoxy) is 1. The molecule has 1 N–H and O–H groups in total. The minimum atomic E-state index is 0.413. The summed E-state index contributed by atoms with van der Waals surface area (Å²) in [5, 5.41) is 9.48. The van der Waals surface area contributed by atoms with Crippen molar-refractivity contribution < 1.29 is 4.74 Å². The van der Waals surface area contributed by atoms with Gasteiger partial charge in [0.2, 0.25) is 0 Å². The molecule has 158 valence electrons. The van der Waals surface area contributed by atoms with Crippen molar-refractivity contribution in [1.29, 1.82) is 0 Å². The maximum Gasteiger partial charge on any atom is 0.125 e. The summed E-state index contributed by atoms with van der Waals surface area (Å²) in [4.78, 5) is 0. The second-order valence-electron chi connectivity index (χ2n) is 7.68. The quantitative estimate of drug-likeness (QED) is 0.275. The normalized spacial score (nSPS) is 11.1. The van der Waals surface area contributed by atoms with Gasteiger partial charge in [-0.25, -0.2) is 0 Å². The fourth-order valence-corrected chi connectivity index (χ4v) is 4.31. The molecular formula is C28H21Cl2NO. The molecule has 0 saturated heterocycles. The third kappa shape index (κ3) is 4.25. The second kappa shape index (κ2) is 9.12. The van der Waals surface area contributed by atoms with Gasteiger partial charge in [0.1, 0.15) is 12.4 Å². The zero-order valence-corrected chi connectivity index (χ0v) is 18.8. The Morgan fingerprint density at radius 1 is 0.656 bits per heavy atom. The number of anilines is 1. The average Bonchev–Trinajstić information content (AvgIpc) is 2.83. The third-order valence-electron chi connectivity index (χ3n) is 5.62. The maximum absolute atomic E-state index is 6.26. The lowest BCUT2D eigenvalue weighted by molar-refractivity contribution is 0.304. The van der Waals surface area contributed by atoms with E-state index in [1.54, 1.807) is 6.07 Å². The van der Waals surface area contributed by atoms with Gasteiger partial charge >= 0.3 is 0 Å². The molecule has 5 rings (SSSR count). The predicted octanol–water partition coefficient (Wildman–Crippen LogP) is 8.49. The second-order valence-corrected chi connectivity index (χ2v) is 8.50. The Morgan fingerprint density at radius 3 is 2.19 bits per heavy atom. The Kier molecular flexibility index (Phi) is 5.89. The highest BCUT2D eigenvalue weighted by molar-refractivity contribution is 6.42. The summed E-state index contributed by atoms with van der Waals surface area (Å²) < 4.78 is 6.26. The molecule has 0 fully saturated rings. The molecule has 0 aliphatic carbocycles. The molecule has 0 spiro atoms. The standard InChI is InChI=1S/C28H21Cl2NO/c29-25-14-12-19(16-26(25)30)18-32-28-15-13-21-7-1-3-9-22(21)24(28)17-31-27-11-5-8-20-6-2-4-10-23(20)27/h1-16,31H,17-18H2. The first-order valence-corrected chi connectivity index (χ1v) is 11.2. The van der Waals surface area contributed by atoms with Gasteiger partial charge in [-0.1, -0.05) is 96.0 Å². The molecule has 0 heterocycles. The van der Waals surface area contributed by atoms with Crippen molar-refractivity contribution in [3.8, 4) is 5.75 Å². The highest BCUT2D eigenvalue weighted by Gasteiger charge is 2.11. The van der Waals surface area contributed by atoms with Crippen LogP contribution in [0.2, 0.25) is 10.0 Å². The van der Waals surface area contributed by atoms with Crippen LogP contribution in [0.3, 0.4) is 0 Å². The fraction of sp³-hybridized carbons (Fsp3) is 0.0714. The van der Waals surface area contributed by atoms with Gasteiger partial charge in [-0.2, -0.15) is 0 Å². The van der Waals surface area contributed by atoms with E-state index >= 15 is 0 Å². The monoisotopic (exact) mass is 457 g/mol. The van der Waals surface area contributed by atoms with Crippen molar-refractivity contribution in [2.45, 2.75) is 13.2 Å². The van der Waals surface area contributed by atoms with Gasteiger partial charge in [-0.05, 0) is 46.0 Å². The van der Waals surface area contributed by atoms with E-state index in [9.17, 15) is 0 Å². The maximum atomic E-state index is 6.26. The first-order chi connectivity index (χ1) is 15.7. The first kappa shape index (κ1) is 20.7. The van der Waals surface area contributed by atoms with Crippen LogP contribution in [0.1, 0.15) is 11.1 Å². The van der Waals surface area contributed by atoms with Crippen LogP contribution < -0.4 is 10.1 Å². The van der Waals surface area contributed by atoms with Crippen LogP contribution >= 0.6 is 23.2 Å². The van der Waals surface area contributed by atoms with Gasteiger partial charge < -0.3 is 10.1 Å². The number of hydrogen-bond acceptors (Lipinski definition) is 2. The van der Waals surface area contributed by atoms with Crippen molar-refractivity contribution in [2.24, 2.45) is 0 Å². The van der Waals surface area contributed by atoms with Crippen molar-refractivity contribution in [3.63, 3.8) is 0 Å². The van der Waals surface area contributed by atoms with E-state index in [0.29, 0.717) is 23.2 Å². The molecule has 0 radical (unpaired) electrons. The number of rotatable bonds is 6. The Balaban J connectivity index is 1.46. The topological polar surface area (TPSA) is 21.3 Å². The summed E-state index contributed by atoms with van der Waals surface area (Å²) in [6.45, 7) is 1.06. The van der Waals surface area contributed by atoms with E-state index in [-0.39, 0.29) is 0 Å². The highest BCUT2D eigenvalue weighted by Crippen LogP contribution is 2.31. The van der Waals surface area contributed by atoms with E-state index in [1.807, 2.05) is 18.2 Å². The first-order valence-electron chi connectivity index (χ1n) is 10.5. The summed E-state index contributed by atoms with van der Waals surface area (Å²) >= 11 is 12.2. The van der Waals surface area contributed by atoms with Gasteiger partial charge in [0.25, 0.3) is 0 Å². The summed E-state index contributed by atoms with van der Waals surface area (Å²) in [5.74, 6) is 0.850. The molecule has 2 nitrogen and oxygen atoms in total. The molecule has 0 aromatic heterocycles. The Labute approximate surface area is 197 Å². The lowest BCUT2D eigenvalue weighted by Crippen LogP contribution is -2.05. The molecule has 5 aromatic rings. The van der Waals surface area contributed by atoms with Gasteiger partial charge in [-0.15, -0.1) is 0 Å². The molecular weight excluding hydrogens is 437 g/mol. The Morgan fingerprint density at radius 2 is 1.38 bits per heavy atom. The zero-order chi connectivity index (χ0) is 21.9. The molecule has 32 heavy (non-hydrogen) atoms. The van der Waals surface area contributed by atoms with Crippen molar-refractivity contribution >= 4 is 50.4 Å². The van der Waals surface area contributed by atoms with Gasteiger partial charge in [0.05, 0.1) is 10.0 Å². The largest absolute Gasteiger partial charge is 0.489 e. The molecule has 0 bridgehead atoms. The average molecular weight is 458 g/mol. The molecule has 0 aliphatic rings. The Bertz CT molecular complexity index is 1410. The molecule has 0 unspecified atom stereocenters. The molecule has 0 atom stereocenters. The van der Waals surface area contributed by atoms with Crippen molar-refractivity contribution in [2.75, 3.05) is 5.32 Å². The number of hydrogen-bond donors (Lipinski definition) is 1. The van der Waals surface area contributed by atoms with Crippen molar-refractivity contribution in [1.82, 2.24) is 0 Å². The molecule has 0 saturated carbocycles. The number of nitrogens with one attached hydrogen (secondary N) is 1. The van der Waals surface area contributed by atoms with Crippen LogP contribution in [-0.2, 0) is 13.2 Å². The van der Waals surface area contributed by atoms with E-state index in [2.05, 4.69) is 78.1 Å². The molecule has 5 aromatic carbocycles. The van der Waals surface area contributed by atoms with Gasteiger partial charge in [-0.3, -0.25) is 0 Å². The molecule has 4 heteroatoms. The third-order valence-corrected chi connectivity index (χ3v) is 6.36. The van der Waals surface area contributed by atoms with E-state index in [0.717, 1.165) is 22.6 Å². The number of halogens is 2. The zero-order valence-electron chi connectivity index (χ0n) is 17.3. The number of benzene rings is 5. The van der Waals surface area contributed by atoms with Crippen LogP contribution in [0.15, 0.2) is 97.1 Å². The number of fused-ring (bicyclic) bond motifs is 2. The lowest BCUT2D eigenvalue weighted by Gasteiger charge is -2.17. The van der Waals surface area contributed by atoms with Gasteiger partial charge in [0.15, 0.2) is 0 Å². The fourth-order valence-electron chi connectivity index (χ4n) is 3.99. The summed E-state index contributed by atoms with van der Waals surface area (Å²) in [6, 6.07) is 32.8. The molecule has 0 aliphatic heterocycles. The van der Waals surface area contributed by atoms with E-state index < -0.39 is 0 Å². The summed E-state index contributed by atoms with van der Waals surface area (Å²) in [6.07, 6.45) is 0. The summed E-state index contributed by atoms with van der Waals surface area (Å²) in [5.41, 5.74) is 3.20. The van der Waals surface area contributed by atoms with Crippen LogP contribution in [0.25, 0.3) is 21.5 Å². The van der Waals surface area contributed by atoms with Crippen LogP contribution in [0.5, 0.6) is 5.75 Å². The minimum absolute atomic E-state index is 0.413. The SMILES string of the molecule is Clc1ccc(COc2ccc3ccccc3c2CNc2cccc3ccccc23)cc1Cl. The smallest absolute Gasteiger partial charge is 0.125 e. The van der Waals surface area contributed by atoms with Crippen molar-refractivity contribution in [3.05, 3.63) is 118 Å². The minimum Gasteiger partial charge on any atom is -0.489 e. The Hall–Kier alpha value is -3.20. The predicted molar refractivity (Wildman–Crippen MR) is 136 cm³/mol. The van der Waals surface area contributed by atoms with E-state index in [4.69, 9.17) is 27.9 Å². The van der Waals surface area contributed by atoms with Crippen LogP contribution in [0, 0.1) is 0 Å². The van der Waals surface area contributed by atoms with E-state index in [1.165, 1.54) is 21.5 Å². The lowest BCUT2D eigenvalue weighted by atomic mass is 10.0. The highest BCUT2D eigenvalue weighted by atomic mass is 35.5. The van der Waals surface area contributed by atoms with Crippen LogP contribution in [0.4, 0.5) is 5.69 Å². The van der Waals surface area contributed by atoms with Gasteiger partial charge in [0, 0.05) is 23.2 Å². The van der Waals surface area contributed by atoms with Crippen LogP contribution in [-0.4, -0.2) is 0 Å². The summed E-state index contributed by atoms with van der Waals surface area (Å²) in [7, 11) is 0.